The predicted octanol–water partition coefficient (Wildman–Crippen LogP) is 2.94. The number of aliphatic carboxylic acids is 1. The van der Waals surface area contributed by atoms with Gasteiger partial charge in [0.2, 0.25) is 5.91 Å². The van der Waals surface area contributed by atoms with Gasteiger partial charge in [-0.25, -0.2) is 0 Å². The van der Waals surface area contributed by atoms with Crippen molar-refractivity contribution < 1.29 is 29.3 Å². The van der Waals surface area contributed by atoms with Crippen LogP contribution < -0.4 is 9.64 Å². The molecule has 0 radical (unpaired) electrons. The molecule has 3 heterocycles. The monoisotopic (exact) mass is 502 g/mol. The molecule has 3 fully saturated rings. The first kappa shape index (κ1) is 25.6. The number of nitrogens with zero attached hydrogens (tertiary/aromatic N) is 2. The largest absolute Gasteiger partial charge is 0.497 e. The van der Waals surface area contributed by atoms with E-state index in [2.05, 4.69) is 6.58 Å². The number of hydrogen-bond acceptors (Lipinski definition) is 6. The number of benzene rings is 1. The lowest BCUT2D eigenvalue weighted by molar-refractivity contribution is -0.148. The number of rotatable bonds is 12. The number of unbranched alkanes of at least 4 members (excludes halogenated alkanes) is 3. The maximum absolute atomic E-state index is 14.2. The molecule has 0 aromatic heterocycles. The second-order valence-electron chi connectivity index (χ2n) is 9.50. The summed E-state index contributed by atoms with van der Waals surface area (Å²) in [6.07, 6.45) is 6.09. The van der Waals surface area contributed by atoms with Crippen LogP contribution in [-0.2, 0) is 14.4 Å². The number of fused-ring (bicyclic) bond motifs is 1. The molecular weight excluding hydrogens is 468 g/mol. The number of carbonyl (C=O) groups excluding carboxylic acids is 2. The molecule has 5 atom stereocenters. The summed E-state index contributed by atoms with van der Waals surface area (Å²) in [6.45, 7) is 4.64. The van der Waals surface area contributed by atoms with Crippen LogP contribution in [0.5, 0.6) is 5.75 Å². The zero-order chi connectivity index (χ0) is 25.2. The Morgan fingerprint density at radius 3 is 2.60 bits per heavy atom. The lowest BCUT2D eigenvalue weighted by Gasteiger charge is -2.37. The third kappa shape index (κ3) is 4.44. The number of carbonyl (C=O) groups is 3. The number of anilines is 1. The van der Waals surface area contributed by atoms with Crippen LogP contribution >= 0.6 is 11.8 Å². The van der Waals surface area contributed by atoms with Gasteiger partial charge in [-0.1, -0.05) is 18.9 Å². The first-order valence-electron chi connectivity index (χ1n) is 12.3. The smallest absolute Gasteiger partial charge is 0.308 e. The van der Waals surface area contributed by atoms with E-state index in [1.807, 2.05) is 12.1 Å². The molecule has 1 aromatic carbocycles. The molecule has 9 heteroatoms. The van der Waals surface area contributed by atoms with Crippen molar-refractivity contribution in [1.82, 2.24) is 4.90 Å². The van der Waals surface area contributed by atoms with E-state index >= 15 is 0 Å². The van der Waals surface area contributed by atoms with E-state index in [1.54, 1.807) is 46.9 Å². The van der Waals surface area contributed by atoms with Crippen LogP contribution in [0.15, 0.2) is 36.9 Å². The van der Waals surface area contributed by atoms with Gasteiger partial charge in [-0.2, -0.15) is 0 Å². The van der Waals surface area contributed by atoms with Crippen LogP contribution in [-0.4, -0.2) is 75.7 Å². The van der Waals surface area contributed by atoms with Gasteiger partial charge in [-0.3, -0.25) is 14.4 Å². The van der Waals surface area contributed by atoms with Gasteiger partial charge in [-0.15, -0.1) is 18.3 Å². The average molecular weight is 503 g/mol. The van der Waals surface area contributed by atoms with Gasteiger partial charge in [0.25, 0.3) is 5.91 Å². The highest BCUT2D eigenvalue weighted by atomic mass is 32.2. The Morgan fingerprint density at radius 2 is 1.97 bits per heavy atom. The predicted molar refractivity (Wildman–Crippen MR) is 135 cm³/mol. The summed E-state index contributed by atoms with van der Waals surface area (Å²) < 4.78 is 4.53. The second kappa shape index (κ2) is 10.6. The van der Waals surface area contributed by atoms with E-state index in [4.69, 9.17) is 9.84 Å². The Bertz CT molecular complexity index is 969. The fourth-order valence-electron chi connectivity index (χ4n) is 6.06. The summed E-state index contributed by atoms with van der Waals surface area (Å²) in [5.74, 6) is -2.12. The Kier molecular flexibility index (Phi) is 7.76. The van der Waals surface area contributed by atoms with E-state index in [0.29, 0.717) is 43.7 Å². The van der Waals surface area contributed by atoms with Crippen molar-refractivity contribution in [2.24, 2.45) is 11.8 Å². The highest BCUT2D eigenvalue weighted by Gasteiger charge is 2.73. The van der Waals surface area contributed by atoms with E-state index in [0.717, 1.165) is 12.8 Å². The Balaban J connectivity index is 1.68. The van der Waals surface area contributed by atoms with Gasteiger partial charge < -0.3 is 24.7 Å². The van der Waals surface area contributed by atoms with Gasteiger partial charge in [0.15, 0.2) is 0 Å². The van der Waals surface area contributed by atoms with Crippen molar-refractivity contribution in [3.8, 4) is 5.75 Å². The molecule has 4 rings (SSSR count). The van der Waals surface area contributed by atoms with E-state index in [-0.39, 0.29) is 30.2 Å². The van der Waals surface area contributed by atoms with Crippen molar-refractivity contribution >= 4 is 35.2 Å². The van der Waals surface area contributed by atoms with Gasteiger partial charge in [0.1, 0.15) is 11.8 Å². The van der Waals surface area contributed by atoms with Gasteiger partial charge >= 0.3 is 5.97 Å². The van der Waals surface area contributed by atoms with Crippen molar-refractivity contribution in [2.45, 2.75) is 54.6 Å². The van der Waals surface area contributed by atoms with Gasteiger partial charge in [0.05, 0.1) is 23.7 Å². The minimum absolute atomic E-state index is 0.131. The molecule has 3 saturated heterocycles. The van der Waals surface area contributed by atoms with Crippen LogP contribution in [0, 0.1) is 11.8 Å². The van der Waals surface area contributed by atoms with Gasteiger partial charge in [-0.05, 0) is 49.9 Å². The summed E-state index contributed by atoms with van der Waals surface area (Å²) >= 11 is 1.54. The SMILES string of the molecule is C=CCN(C(=O)C1N(CCCCCCO)C(=O)[C@@H]2[C@H](C(=O)O)[C@@H]3CCC12S3)c1ccc(OC)cc1. The van der Waals surface area contributed by atoms with Crippen molar-refractivity contribution in [1.29, 1.82) is 0 Å². The number of carboxylic acid groups (broad SMARTS) is 1. The fourth-order valence-corrected chi connectivity index (χ4v) is 8.27. The molecule has 0 saturated carbocycles. The molecule has 35 heavy (non-hydrogen) atoms. The number of methoxy groups -OCH3 is 1. The third-order valence-corrected chi connectivity index (χ3v) is 9.54. The molecule has 8 nitrogen and oxygen atoms in total. The first-order valence-corrected chi connectivity index (χ1v) is 13.2. The first-order chi connectivity index (χ1) is 16.9. The van der Waals surface area contributed by atoms with Crippen LogP contribution in [0.1, 0.15) is 38.5 Å². The summed E-state index contributed by atoms with van der Waals surface area (Å²) in [5.41, 5.74) is 0.679. The molecular formula is C26H34N2O6S. The molecule has 0 aliphatic carbocycles. The van der Waals surface area contributed by atoms with Crippen molar-refractivity contribution in [3.63, 3.8) is 0 Å². The summed E-state index contributed by atoms with van der Waals surface area (Å²) in [5, 5.41) is 18.9. The molecule has 3 aliphatic rings. The lowest BCUT2D eigenvalue weighted by atomic mass is 9.71. The zero-order valence-electron chi connectivity index (χ0n) is 20.1. The topological polar surface area (TPSA) is 107 Å². The Hall–Kier alpha value is -2.52. The number of amides is 2. The Morgan fingerprint density at radius 1 is 1.26 bits per heavy atom. The van der Waals surface area contributed by atoms with Gasteiger partial charge in [0, 0.05) is 30.6 Å². The van der Waals surface area contributed by atoms with Crippen LogP contribution in [0.3, 0.4) is 0 Å². The summed E-state index contributed by atoms with van der Waals surface area (Å²) in [4.78, 5) is 43.5. The number of hydrogen-bond donors (Lipinski definition) is 2. The molecule has 3 aliphatic heterocycles. The fraction of sp³-hybridized carbons (Fsp3) is 0.577. The number of aliphatic hydroxyl groups excluding tert-OH is 1. The van der Waals surface area contributed by atoms with Crippen LogP contribution in [0.4, 0.5) is 5.69 Å². The number of likely N-dealkylation sites (tertiary alicyclic amines) is 1. The lowest BCUT2D eigenvalue weighted by Crippen LogP contribution is -2.55. The highest BCUT2D eigenvalue weighted by molar-refractivity contribution is 8.02. The molecule has 1 spiro atoms. The molecule has 1 aromatic rings. The number of ether oxygens (including phenoxy) is 1. The molecule has 2 amide bonds. The molecule has 190 valence electrons. The van der Waals surface area contributed by atoms with E-state index in [1.165, 1.54) is 0 Å². The van der Waals surface area contributed by atoms with Crippen LogP contribution in [0.25, 0.3) is 0 Å². The quantitative estimate of drug-likeness (QED) is 0.334. The molecule has 2 N–H and O–H groups in total. The van der Waals surface area contributed by atoms with Crippen molar-refractivity contribution in [2.75, 3.05) is 31.7 Å². The summed E-state index contributed by atoms with van der Waals surface area (Å²) in [7, 11) is 1.58. The minimum Gasteiger partial charge on any atom is -0.497 e. The van der Waals surface area contributed by atoms with E-state index < -0.39 is 28.6 Å². The van der Waals surface area contributed by atoms with Crippen molar-refractivity contribution in [3.05, 3.63) is 36.9 Å². The number of thioether (sulfide) groups is 1. The average Bonchev–Trinajstić information content (AvgIpc) is 3.49. The maximum atomic E-state index is 14.2. The zero-order valence-corrected chi connectivity index (χ0v) is 20.9. The standard InChI is InChI=1S/C26H34N2O6S/c1-3-14-27(17-8-10-18(34-2)11-9-17)24(31)22-26-13-12-19(35-26)20(25(32)33)21(26)23(30)28(22)15-6-4-5-7-16-29/h3,8-11,19-22,29H,1,4-7,12-16H2,2H3,(H,32,33)/t19-,20+,21-,22?,26?/m0/s1. The second-order valence-corrected chi connectivity index (χ2v) is 11.1. The Labute approximate surface area is 210 Å². The molecule has 2 bridgehead atoms. The maximum Gasteiger partial charge on any atom is 0.308 e. The third-order valence-electron chi connectivity index (χ3n) is 7.59. The van der Waals surface area contributed by atoms with Crippen LogP contribution in [0.2, 0.25) is 0 Å². The summed E-state index contributed by atoms with van der Waals surface area (Å²) in [6, 6.07) is 6.47. The normalized spacial score (nSPS) is 28.7. The number of carboxylic acids is 1. The van der Waals surface area contributed by atoms with E-state index in [9.17, 15) is 19.5 Å². The minimum atomic E-state index is -0.948. The highest BCUT2D eigenvalue weighted by Crippen LogP contribution is 2.66. The number of aliphatic hydroxyl groups is 1. The molecule has 2 unspecified atom stereocenters.